The van der Waals surface area contributed by atoms with E-state index in [4.69, 9.17) is 4.42 Å². The largest absolute Gasteiger partial charge is 0.468 e. The van der Waals surface area contributed by atoms with E-state index in [2.05, 4.69) is 5.32 Å². The van der Waals surface area contributed by atoms with Gasteiger partial charge >= 0.3 is 0 Å². The van der Waals surface area contributed by atoms with Gasteiger partial charge in [0.1, 0.15) is 5.76 Å². The van der Waals surface area contributed by atoms with Gasteiger partial charge in [-0.2, -0.15) is 0 Å². The molecule has 1 aliphatic heterocycles. The van der Waals surface area contributed by atoms with Crippen LogP contribution in [0.3, 0.4) is 0 Å². The SMILES string of the molecule is CN(C)[C@H](CNC(=O)c1ccc(N2CCCC2=O)cc1)c1ccco1. The average molecular weight is 341 g/mol. The van der Waals surface area contributed by atoms with E-state index in [1.807, 2.05) is 43.3 Å². The molecule has 6 heteroatoms. The number of carbonyl (C=O) groups excluding carboxylic acids is 2. The molecule has 1 atom stereocenters. The molecule has 0 radical (unpaired) electrons. The van der Waals surface area contributed by atoms with Crippen molar-refractivity contribution in [2.45, 2.75) is 18.9 Å². The van der Waals surface area contributed by atoms with Gasteiger partial charge in [-0.15, -0.1) is 0 Å². The molecular weight excluding hydrogens is 318 g/mol. The second-order valence-electron chi connectivity index (χ2n) is 6.40. The third kappa shape index (κ3) is 3.91. The number of amides is 2. The number of hydrogen-bond donors (Lipinski definition) is 1. The van der Waals surface area contributed by atoms with Crippen LogP contribution in [-0.2, 0) is 4.79 Å². The standard InChI is InChI=1S/C19H23N3O3/c1-21(2)16(17-5-4-12-25-17)13-20-19(24)14-7-9-15(10-8-14)22-11-3-6-18(22)23/h4-5,7-10,12,16H,3,6,11,13H2,1-2H3,(H,20,24)/t16-/m1/s1. The molecule has 1 N–H and O–H groups in total. The van der Waals surface area contributed by atoms with Gasteiger partial charge in [-0.3, -0.25) is 14.5 Å². The summed E-state index contributed by atoms with van der Waals surface area (Å²) in [5.74, 6) is 0.815. The van der Waals surface area contributed by atoms with Crippen LogP contribution >= 0.6 is 0 Å². The molecule has 2 aromatic rings. The predicted molar refractivity (Wildman–Crippen MR) is 95.5 cm³/mol. The van der Waals surface area contributed by atoms with Crippen LogP contribution in [0.25, 0.3) is 0 Å². The summed E-state index contributed by atoms with van der Waals surface area (Å²) in [5.41, 5.74) is 1.42. The van der Waals surface area contributed by atoms with Gasteiger partial charge in [0, 0.05) is 30.8 Å². The van der Waals surface area contributed by atoms with Crippen molar-refractivity contribution in [2.24, 2.45) is 0 Å². The Labute approximate surface area is 147 Å². The van der Waals surface area contributed by atoms with Crippen molar-refractivity contribution >= 4 is 17.5 Å². The zero-order valence-electron chi connectivity index (χ0n) is 14.6. The number of anilines is 1. The van der Waals surface area contributed by atoms with E-state index in [0.29, 0.717) is 18.5 Å². The molecule has 0 unspecified atom stereocenters. The van der Waals surface area contributed by atoms with E-state index in [9.17, 15) is 9.59 Å². The smallest absolute Gasteiger partial charge is 0.251 e. The monoisotopic (exact) mass is 341 g/mol. The van der Waals surface area contributed by atoms with Crippen LogP contribution in [0.15, 0.2) is 47.1 Å². The van der Waals surface area contributed by atoms with Crippen molar-refractivity contribution in [1.82, 2.24) is 10.2 Å². The summed E-state index contributed by atoms with van der Waals surface area (Å²) in [5, 5.41) is 2.95. The van der Waals surface area contributed by atoms with Crippen molar-refractivity contribution in [3.05, 3.63) is 54.0 Å². The maximum atomic E-state index is 12.4. The van der Waals surface area contributed by atoms with Gasteiger partial charge < -0.3 is 14.6 Å². The van der Waals surface area contributed by atoms with E-state index in [1.54, 1.807) is 23.3 Å². The van der Waals surface area contributed by atoms with E-state index in [-0.39, 0.29) is 17.9 Å². The molecule has 3 rings (SSSR count). The first-order valence-corrected chi connectivity index (χ1v) is 8.44. The molecule has 1 fully saturated rings. The lowest BCUT2D eigenvalue weighted by atomic mass is 10.1. The molecule has 132 valence electrons. The minimum absolute atomic E-state index is 0.0274. The van der Waals surface area contributed by atoms with E-state index in [1.165, 1.54) is 0 Å². The van der Waals surface area contributed by atoms with Crippen LogP contribution in [0.2, 0.25) is 0 Å². The minimum atomic E-state index is -0.141. The Balaban J connectivity index is 1.62. The van der Waals surface area contributed by atoms with Crippen molar-refractivity contribution in [2.75, 3.05) is 32.1 Å². The molecule has 2 amide bonds. The Morgan fingerprint density at radius 2 is 2.04 bits per heavy atom. The number of nitrogens with one attached hydrogen (secondary N) is 1. The molecule has 25 heavy (non-hydrogen) atoms. The zero-order valence-corrected chi connectivity index (χ0v) is 14.6. The van der Waals surface area contributed by atoms with Crippen molar-refractivity contribution in [1.29, 1.82) is 0 Å². The first kappa shape index (κ1) is 17.2. The minimum Gasteiger partial charge on any atom is -0.468 e. The summed E-state index contributed by atoms with van der Waals surface area (Å²) in [6, 6.07) is 10.9. The highest BCUT2D eigenvalue weighted by Gasteiger charge is 2.22. The summed E-state index contributed by atoms with van der Waals surface area (Å²) in [7, 11) is 3.89. The second kappa shape index (κ2) is 7.53. The molecule has 6 nitrogen and oxygen atoms in total. The normalized spacial score (nSPS) is 15.6. The highest BCUT2D eigenvalue weighted by molar-refractivity contribution is 5.97. The molecule has 1 saturated heterocycles. The zero-order chi connectivity index (χ0) is 17.8. The molecule has 1 aromatic carbocycles. The van der Waals surface area contributed by atoms with Gasteiger partial charge in [-0.25, -0.2) is 0 Å². The molecule has 1 aromatic heterocycles. The summed E-state index contributed by atoms with van der Waals surface area (Å²) in [6.45, 7) is 1.20. The van der Waals surface area contributed by atoms with Crippen molar-refractivity contribution in [3.63, 3.8) is 0 Å². The lowest BCUT2D eigenvalue weighted by molar-refractivity contribution is -0.117. The molecule has 0 aliphatic carbocycles. The second-order valence-corrected chi connectivity index (χ2v) is 6.40. The summed E-state index contributed by atoms with van der Waals surface area (Å²) in [6.07, 6.45) is 3.12. The van der Waals surface area contributed by atoms with Gasteiger partial charge in [0.15, 0.2) is 0 Å². The number of hydrogen-bond acceptors (Lipinski definition) is 4. The van der Waals surface area contributed by atoms with Crippen LogP contribution < -0.4 is 10.2 Å². The molecular formula is C19H23N3O3. The highest BCUT2D eigenvalue weighted by Crippen LogP contribution is 2.22. The fraction of sp³-hybridized carbons (Fsp3) is 0.368. The Kier molecular flexibility index (Phi) is 5.19. The number of rotatable bonds is 6. The maximum absolute atomic E-state index is 12.4. The van der Waals surface area contributed by atoms with Crippen LogP contribution in [0.1, 0.15) is 35.0 Å². The van der Waals surface area contributed by atoms with E-state index in [0.717, 1.165) is 24.4 Å². The van der Waals surface area contributed by atoms with Gasteiger partial charge in [-0.1, -0.05) is 0 Å². The molecule has 1 aliphatic rings. The lowest BCUT2D eigenvalue weighted by Gasteiger charge is -2.22. The summed E-state index contributed by atoms with van der Waals surface area (Å²) < 4.78 is 5.45. The van der Waals surface area contributed by atoms with Crippen LogP contribution in [0.5, 0.6) is 0 Å². The number of likely N-dealkylation sites (N-methyl/N-ethyl adjacent to an activating group) is 1. The molecule has 0 saturated carbocycles. The number of furan rings is 1. The summed E-state index contributed by atoms with van der Waals surface area (Å²) >= 11 is 0. The molecule has 0 bridgehead atoms. The Morgan fingerprint density at radius 3 is 2.60 bits per heavy atom. The number of carbonyl (C=O) groups is 2. The third-order valence-electron chi connectivity index (χ3n) is 4.47. The molecule has 0 spiro atoms. The fourth-order valence-corrected chi connectivity index (χ4v) is 3.02. The first-order chi connectivity index (χ1) is 12.1. The predicted octanol–water partition coefficient (Wildman–Crippen LogP) is 2.44. The van der Waals surface area contributed by atoms with E-state index >= 15 is 0 Å². The number of benzene rings is 1. The fourth-order valence-electron chi connectivity index (χ4n) is 3.02. The van der Waals surface area contributed by atoms with Gasteiger partial charge in [-0.05, 0) is 56.9 Å². The Hall–Kier alpha value is -2.60. The molecule has 2 heterocycles. The van der Waals surface area contributed by atoms with Gasteiger partial charge in [0.2, 0.25) is 5.91 Å². The third-order valence-corrected chi connectivity index (χ3v) is 4.47. The topological polar surface area (TPSA) is 65.8 Å². The van der Waals surface area contributed by atoms with Gasteiger partial charge in [0.25, 0.3) is 5.91 Å². The average Bonchev–Trinajstić information content (AvgIpc) is 3.26. The van der Waals surface area contributed by atoms with Gasteiger partial charge in [0.05, 0.1) is 12.3 Å². The van der Waals surface area contributed by atoms with E-state index < -0.39 is 0 Å². The Morgan fingerprint density at radius 1 is 1.28 bits per heavy atom. The summed E-state index contributed by atoms with van der Waals surface area (Å²) in [4.78, 5) is 27.9. The van der Waals surface area contributed by atoms with Crippen molar-refractivity contribution in [3.8, 4) is 0 Å². The Bertz CT molecular complexity index is 723. The number of nitrogens with zero attached hydrogens (tertiary/aromatic N) is 2. The quantitative estimate of drug-likeness (QED) is 0.876. The lowest BCUT2D eigenvalue weighted by Crippen LogP contribution is -2.34. The maximum Gasteiger partial charge on any atom is 0.251 e. The first-order valence-electron chi connectivity index (χ1n) is 8.44. The van der Waals surface area contributed by atoms with Crippen molar-refractivity contribution < 1.29 is 14.0 Å². The highest BCUT2D eigenvalue weighted by atomic mass is 16.3. The van der Waals surface area contributed by atoms with Crippen LogP contribution in [0, 0.1) is 0 Å². The van der Waals surface area contributed by atoms with Crippen LogP contribution in [0.4, 0.5) is 5.69 Å². The van der Waals surface area contributed by atoms with Crippen LogP contribution in [-0.4, -0.2) is 43.9 Å².